The summed E-state index contributed by atoms with van der Waals surface area (Å²) in [6.45, 7) is 4.19. The van der Waals surface area contributed by atoms with E-state index in [9.17, 15) is 18.3 Å². The van der Waals surface area contributed by atoms with Gasteiger partial charge in [0.25, 0.3) is 0 Å². The first kappa shape index (κ1) is 18.8. The Morgan fingerprint density at radius 1 is 1.23 bits per heavy atom. The Labute approximate surface area is 150 Å². The van der Waals surface area contributed by atoms with E-state index in [4.69, 9.17) is 0 Å². The summed E-state index contributed by atoms with van der Waals surface area (Å²) in [5.41, 5.74) is 0.331. The molecule has 2 aromatic rings. The van der Waals surface area contributed by atoms with Gasteiger partial charge in [-0.15, -0.1) is 5.10 Å². The van der Waals surface area contributed by atoms with E-state index in [1.807, 2.05) is 0 Å². The van der Waals surface area contributed by atoms with E-state index >= 15 is 0 Å². The first-order chi connectivity index (χ1) is 12.3. The predicted molar refractivity (Wildman–Crippen MR) is 90.1 cm³/mol. The van der Waals surface area contributed by atoms with Crippen LogP contribution in [0.25, 0.3) is 0 Å². The lowest BCUT2D eigenvalue weighted by Gasteiger charge is -2.32. The fraction of sp³-hybridized carbons (Fsp3) is 0.556. The van der Waals surface area contributed by atoms with Crippen LogP contribution in [0.5, 0.6) is 0 Å². The third kappa shape index (κ3) is 4.62. The van der Waals surface area contributed by atoms with Gasteiger partial charge in [0.2, 0.25) is 0 Å². The fourth-order valence-electron chi connectivity index (χ4n) is 3.36. The average Bonchev–Trinajstić information content (AvgIpc) is 3.05. The molecule has 0 radical (unpaired) electrons. The normalized spacial score (nSPS) is 18.2. The van der Waals surface area contributed by atoms with Gasteiger partial charge in [0, 0.05) is 13.1 Å². The number of aliphatic hydroxyl groups is 1. The first-order valence-corrected chi connectivity index (χ1v) is 8.78. The lowest BCUT2D eigenvalue weighted by molar-refractivity contribution is -0.138. The highest BCUT2D eigenvalue weighted by Gasteiger charge is 2.33. The second-order valence-electron chi connectivity index (χ2n) is 6.92. The number of alkyl halides is 3. The number of piperidine rings is 1. The molecule has 0 bridgehead atoms. The maximum atomic E-state index is 13.1. The van der Waals surface area contributed by atoms with Gasteiger partial charge >= 0.3 is 6.18 Å². The van der Waals surface area contributed by atoms with Crippen LogP contribution in [0, 0.1) is 5.92 Å². The highest BCUT2D eigenvalue weighted by Crippen LogP contribution is 2.33. The molecule has 26 heavy (non-hydrogen) atoms. The van der Waals surface area contributed by atoms with Crippen LogP contribution in [0.15, 0.2) is 30.5 Å². The second kappa shape index (κ2) is 7.75. The zero-order chi connectivity index (χ0) is 18.7. The van der Waals surface area contributed by atoms with Crippen LogP contribution in [-0.4, -0.2) is 38.1 Å². The van der Waals surface area contributed by atoms with E-state index in [-0.39, 0.29) is 0 Å². The van der Waals surface area contributed by atoms with Crippen molar-refractivity contribution < 1.29 is 18.3 Å². The van der Waals surface area contributed by atoms with Gasteiger partial charge in [0.05, 0.1) is 17.9 Å². The molecule has 2 heterocycles. The molecule has 1 N–H and O–H groups in total. The number of hydrogen-bond donors (Lipinski definition) is 1. The molecule has 0 aliphatic carbocycles. The highest BCUT2D eigenvalue weighted by atomic mass is 19.4. The van der Waals surface area contributed by atoms with Crippen LogP contribution < -0.4 is 0 Å². The Hall–Kier alpha value is -1.93. The number of aromatic nitrogens is 3. The maximum Gasteiger partial charge on any atom is 0.416 e. The number of benzene rings is 1. The van der Waals surface area contributed by atoms with E-state index in [2.05, 4.69) is 15.2 Å². The van der Waals surface area contributed by atoms with Crippen molar-refractivity contribution in [2.75, 3.05) is 13.1 Å². The lowest BCUT2D eigenvalue weighted by atomic mass is 9.96. The third-order valence-electron chi connectivity index (χ3n) is 4.85. The smallest absolute Gasteiger partial charge is 0.387 e. The topological polar surface area (TPSA) is 54.2 Å². The molecular formula is C18H23F3N4O. The fourth-order valence-corrected chi connectivity index (χ4v) is 3.36. The highest BCUT2D eigenvalue weighted by molar-refractivity contribution is 5.29. The summed E-state index contributed by atoms with van der Waals surface area (Å²) in [5.74, 6) is 0.410. The number of likely N-dealkylation sites (tertiary alicyclic amines) is 1. The average molecular weight is 368 g/mol. The van der Waals surface area contributed by atoms with Crippen LogP contribution >= 0.6 is 0 Å². The van der Waals surface area contributed by atoms with Crippen molar-refractivity contribution in [2.24, 2.45) is 5.92 Å². The number of aliphatic hydroxyl groups excluding tert-OH is 1. The Kier molecular flexibility index (Phi) is 5.62. The molecule has 1 saturated heterocycles. The van der Waals surface area contributed by atoms with E-state index < -0.39 is 17.8 Å². The molecule has 3 rings (SSSR count). The molecule has 0 saturated carbocycles. The zero-order valence-electron chi connectivity index (χ0n) is 14.7. The van der Waals surface area contributed by atoms with E-state index in [0.717, 1.165) is 32.0 Å². The molecule has 1 aliphatic rings. The van der Waals surface area contributed by atoms with Gasteiger partial charge in [-0.25, -0.2) is 0 Å². The maximum absolute atomic E-state index is 13.1. The van der Waals surface area contributed by atoms with Crippen LogP contribution in [0.3, 0.4) is 0 Å². The van der Waals surface area contributed by atoms with Gasteiger partial charge in [-0.3, -0.25) is 9.58 Å². The summed E-state index contributed by atoms with van der Waals surface area (Å²) in [6.07, 6.45) is -1.41. The monoisotopic (exact) mass is 368 g/mol. The first-order valence-electron chi connectivity index (χ1n) is 8.78. The van der Waals surface area contributed by atoms with E-state index in [0.29, 0.717) is 30.3 Å². The minimum atomic E-state index is -4.32. The van der Waals surface area contributed by atoms with Gasteiger partial charge < -0.3 is 5.11 Å². The molecular weight excluding hydrogens is 345 g/mol. The summed E-state index contributed by atoms with van der Waals surface area (Å²) in [6, 6.07) is 5.79. The summed E-state index contributed by atoms with van der Waals surface area (Å²) in [7, 11) is 0. The van der Waals surface area contributed by atoms with Gasteiger partial charge in [0.1, 0.15) is 5.69 Å². The van der Waals surface area contributed by atoms with Crippen molar-refractivity contribution in [3.8, 4) is 0 Å². The van der Waals surface area contributed by atoms with Crippen LogP contribution in [0.4, 0.5) is 13.2 Å². The summed E-state index contributed by atoms with van der Waals surface area (Å²) in [5, 5.41) is 17.5. The van der Waals surface area contributed by atoms with Crippen molar-refractivity contribution in [3.05, 3.63) is 47.3 Å². The Morgan fingerprint density at radius 2 is 1.92 bits per heavy atom. The Morgan fingerprint density at radius 3 is 2.54 bits per heavy atom. The summed E-state index contributed by atoms with van der Waals surface area (Å²) < 4.78 is 41.1. The molecule has 5 nitrogen and oxygen atoms in total. The molecule has 0 unspecified atom stereocenters. The Balaban J connectivity index is 1.54. The number of nitrogens with zero attached hydrogens (tertiary/aromatic N) is 4. The molecule has 1 aliphatic heterocycles. The van der Waals surface area contributed by atoms with Crippen molar-refractivity contribution >= 4 is 0 Å². The predicted octanol–water partition coefficient (Wildman–Crippen LogP) is 3.26. The largest absolute Gasteiger partial charge is 0.416 e. The van der Waals surface area contributed by atoms with Crippen molar-refractivity contribution in [3.63, 3.8) is 0 Å². The SMILES string of the molecule is C[C@H](O)c1cn(CC2CCN(Cc3ccccc3C(F)(F)F)CC2)nn1. The molecule has 1 fully saturated rings. The number of rotatable bonds is 5. The van der Waals surface area contributed by atoms with Gasteiger partial charge in [-0.1, -0.05) is 23.4 Å². The van der Waals surface area contributed by atoms with E-state index in [1.165, 1.54) is 6.07 Å². The Bertz CT molecular complexity index is 721. The standard InChI is InChI=1S/C18H23F3N4O/c1-13(26)17-12-25(23-22-17)10-14-6-8-24(9-7-14)11-15-4-2-3-5-16(15)18(19,20)21/h2-5,12-14,26H,6-11H2,1H3/t13-/m0/s1. The number of hydrogen-bond acceptors (Lipinski definition) is 4. The van der Waals surface area contributed by atoms with Gasteiger partial charge in [-0.05, 0) is 50.4 Å². The van der Waals surface area contributed by atoms with Crippen molar-refractivity contribution in [1.29, 1.82) is 0 Å². The molecule has 1 aromatic carbocycles. The minimum absolute atomic E-state index is 0.317. The molecule has 1 aromatic heterocycles. The second-order valence-corrected chi connectivity index (χ2v) is 6.92. The molecule has 0 amide bonds. The van der Waals surface area contributed by atoms with Crippen LogP contribution in [-0.2, 0) is 19.3 Å². The molecule has 142 valence electrons. The van der Waals surface area contributed by atoms with Crippen molar-refractivity contribution in [1.82, 2.24) is 19.9 Å². The van der Waals surface area contributed by atoms with Gasteiger partial charge in [-0.2, -0.15) is 13.2 Å². The number of halogens is 3. The quantitative estimate of drug-likeness (QED) is 0.880. The van der Waals surface area contributed by atoms with Gasteiger partial charge in [0.15, 0.2) is 0 Å². The third-order valence-corrected chi connectivity index (χ3v) is 4.85. The van der Waals surface area contributed by atoms with E-state index in [1.54, 1.807) is 29.9 Å². The van der Waals surface area contributed by atoms with Crippen LogP contribution in [0.2, 0.25) is 0 Å². The van der Waals surface area contributed by atoms with Crippen LogP contribution in [0.1, 0.15) is 42.7 Å². The lowest BCUT2D eigenvalue weighted by Crippen LogP contribution is -2.35. The zero-order valence-corrected chi connectivity index (χ0v) is 14.7. The minimum Gasteiger partial charge on any atom is -0.387 e. The van der Waals surface area contributed by atoms with Crippen molar-refractivity contribution in [2.45, 2.75) is 45.1 Å². The molecule has 8 heteroatoms. The summed E-state index contributed by atoms with van der Waals surface area (Å²) >= 11 is 0. The summed E-state index contributed by atoms with van der Waals surface area (Å²) in [4.78, 5) is 2.07. The molecule has 0 spiro atoms. The molecule has 1 atom stereocenters.